The Morgan fingerprint density at radius 3 is 2.83 bits per heavy atom. The molecule has 0 spiro atoms. The Morgan fingerprint density at radius 2 is 2.33 bits per heavy atom. The first-order valence-electron chi connectivity index (χ1n) is 3.94. The lowest BCUT2D eigenvalue weighted by Gasteiger charge is -1.97. The van der Waals surface area contributed by atoms with E-state index in [1.165, 1.54) is 0 Å². The number of aromatic nitrogens is 3. The molecule has 0 saturated carbocycles. The van der Waals surface area contributed by atoms with Crippen LogP contribution >= 0.6 is 11.8 Å². The van der Waals surface area contributed by atoms with Crippen LogP contribution in [0.3, 0.4) is 0 Å². The molecule has 0 aliphatic carbocycles. The summed E-state index contributed by atoms with van der Waals surface area (Å²) in [5.74, 6) is 1.84. The van der Waals surface area contributed by atoms with Gasteiger partial charge in [-0.3, -0.25) is 0 Å². The number of hydrogen-bond donors (Lipinski definition) is 1. The normalized spacial score (nSPS) is 10.6. The van der Waals surface area contributed by atoms with Gasteiger partial charge in [0.1, 0.15) is 5.82 Å². The molecule has 0 unspecified atom stereocenters. The minimum atomic E-state index is 0.740. The van der Waals surface area contributed by atoms with Gasteiger partial charge in [0.25, 0.3) is 0 Å². The molecule has 68 valence electrons. The Hall–Kier alpha value is -0.550. The number of rotatable bonds is 4. The van der Waals surface area contributed by atoms with E-state index in [2.05, 4.69) is 10.1 Å². The van der Waals surface area contributed by atoms with E-state index in [0.717, 1.165) is 29.7 Å². The largest absolute Gasteiger partial charge is 0.330 e. The maximum atomic E-state index is 5.38. The molecule has 1 rings (SSSR count). The van der Waals surface area contributed by atoms with Crippen molar-refractivity contribution in [1.82, 2.24) is 14.8 Å². The average Bonchev–Trinajstić information content (AvgIpc) is 2.31. The summed E-state index contributed by atoms with van der Waals surface area (Å²) in [6, 6.07) is 0. The summed E-state index contributed by atoms with van der Waals surface area (Å²) in [5, 5.41) is 5.12. The van der Waals surface area contributed by atoms with Crippen LogP contribution in [0, 0.1) is 6.92 Å². The topological polar surface area (TPSA) is 56.7 Å². The molecule has 2 N–H and O–H groups in total. The van der Waals surface area contributed by atoms with Crippen LogP contribution in [0.2, 0.25) is 0 Å². The Bertz CT molecular complexity index is 246. The quantitative estimate of drug-likeness (QED) is 0.551. The van der Waals surface area contributed by atoms with Crippen molar-refractivity contribution < 1.29 is 0 Å². The standard InChI is InChI=1S/C7H14N4S/c1-6-9-7(11(2)10-6)12-5-3-4-8/h3-5,8H2,1-2H3. The van der Waals surface area contributed by atoms with Crippen molar-refractivity contribution >= 4 is 11.8 Å². The average molecular weight is 186 g/mol. The molecule has 0 saturated heterocycles. The predicted octanol–water partition coefficient (Wildman–Crippen LogP) is 0.564. The number of nitrogens with two attached hydrogens (primary N) is 1. The van der Waals surface area contributed by atoms with Crippen molar-refractivity contribution in [1.29, 1.82) is 0 Å². The third-order valence-electron chi connectivity index (χ3n) is 1.41. The van der Waals surface area contributed by atoms with Gasteiger partial charge >= 0.3 is 0 Å². The monoisotopic (exact) mass is 186 g/mol. The third kappa shape index (κ3) is 2.49. The zero-order valence-electron chi connectivity index (χ0n) is 7.45. The third-order valence-corrected chi connectivity index (χ3v) is 2.52. The van der Waals surface area contributed by atoms with Crippen LogP contribution in [0.25, 0.3) is 0 Å². The summed E-state index contributed by atoms with van der Waals surface area (Å²) in [6.07, 6.45) is 1.02. The summed E-state index contributed by atoms with van der Waals surface area (Å²) in [5.41, 5.74) is 5.38. The molecule has 0 fully saturated rings. The second kappa shape index (κ2) is 4.47. The molecule has 0 amide bonds. The summed E-state index contributed by atoms with van der Waals surface area (Å²) in [6.45, 7) is 2.64. The Balaban J connectivity index is 2.45. The molecular formula is C7H14N4S. The van der Waals surface area contributed by atoms with Gasteiger partial charge in [-0.25, -0.2) is 9.67 Å². The first kappa shape index (κ1) is 9.54. The Kier molecular flexibility index (Phi) is 3.55. The predicted molar refractivity (Wildman–Crippen MR) is 50.1 cm³/mol. The number of thioether (sulfide) groups is 1. The van der Waals surface area contributed by atoms with E-state index in [1.54, 1.807) is 16.4 Å². The van der Waals surface area contributed by atoms with Crippen molar-refractivity contribution in [2.24, 2.45) is 12.8 Å². The van der Waals surface area contributed by atoms with Crippen LogP contribution < -0.4 is 5.73 Å². The lowest BCUT2D eigenvalue weighted by Crippen LogP contribution is -2.00. The van der Waals surface area contributed by atoms with E-state index in [4.69, 9.17) is 5.73 Å². The fourth-order valence-electron chi connectivity index (χ4n) is 0.865. The van der Waals surface area contributed by atoms with Crippen molar-refractivity contribution in [2.45, 2.75) is 18.5 Å². The number of hydrogen-bond acceptors (Lipinski definition) is 4. The minimum Gasteiger partial charge on any atom is -0.330 e. The molecule has 1 heterocycles. The number of nitrogens with zero attached hydrogens (tertiary/aromatic N) is 3. The van der Waals surface area contributed by atoms with Gasteiger partial charge in [0.2, 0.25) is 0 Å². The van der Waals surface area contributed by atoms with Gasteiger partial charge < -0.3 is 5.73 Å². The highest BCUT2D eigenvalue weighted by atomic mass is 32.2. The zero-order chi connectivity index (χ0) is 8.97. The molecule has 0 aliphatic heterocycles. The van der Waals surface area contributed by atoms with E-state index >= 15 is 0 Å². The van der Waals surface area contributed by atoms with Crippen LogP contribution in [-0.4, -0.2) is 27.1 Å². The van der Waals surface area contributed by atoms with Crippen molar-refractivity contribution in [3.63, 3.8) is 0 Å². The van der Waals surface area contributed by atoms with Gasteiger partial charge in [0.05, 0.1) is 0 Å². The lowest BCUT2D eigenvalue weighted by atomic mass is 10.5. The van der Waals surface area contributed by atoms with E-state index in [9.17, 15) is 0 Å². The Morgan fingerprint density at radius 1 is 1.58 bits per heavy atom. The maximum absolute atomic E-state index is 5.38. The van der Waals surface area contributed by atoms with Gasteiger partial charge in [0.15, 0.2) is 5.16 Å². The summed E-state index contributed by atoms with van der Waals surface area (Å²) in [4.78, 5) is 4.26. The van der Waals surface area contributed by atoms with Gasteiger partial charge in [-0.05, 0) is 19.9 Å². The molecule has 12 heavy (non-hydrogen) atoms. The van der Waals surface area contributed by atoms with Gasteiger partial charge in [-0.1, -0.05) is 11.8 Å². The van der Waals surface area contributed by atoms with Crippen molar-refractivity contribution in [3.8, 4) is 0 Å². The molecule has 0 aromatic carbocycles. The van der Waals surface area contributed by atoms with Crippen molar-refractivity contribution in [2.75, 3.05) is 12.3 Å². The van der Waals surface area contributed by atoms with Gasteiger partial charge in [-0.2, -0.15) is 5.10 Å². The Labute approximate surface area is 76.5 Å². The van der Waals surface area contributed by atoms with Crippen LogP contribution in [0.4, 0.5) is 0 Å². The van der Waals surface area contributed by atoms with Crippen molar-refractivity contribution in [3.05, 3.63) is 5.82 Å². The highest BCUT2D eigenvalue weighted by molar-refractivity contribution is 7.99. The molecule has 5 heteroatoms. The van der Waals surface area contributed by atoms with Crippen LogP contribution in [0.1, 0.15) is 12.2 Å². The molecule has 0 atom stereocenters. The van der Waals surface area contributed by atoms with E-state index < -0.39 is 0 Å². The van der Waals surface area contributed by atoms with Gasteiger partial charge in [0, 0.05) is 12.8 Å². The first-order valence-corrected chi connectivity index (χ1v) is 4.93. The summed E-state index contributed by atoms with van der Waals surface area (Å²) < 4.78 is 1.80. The number of aryl methyl sites for hydroxylation is 2. The van der Waals surface area contributed by atoms with E-state index in [0.29, 0.717) is 0 Å². The summed E-state index contributed by atoms with van der Waals surface area (Å²) >= 11 is 1.70. The second-order valence-electron chi connectivity index (χ2n) is 2.56. The van der Waals surface area contributed by atoms with E-state index in [1.807, 2.05) is 14.0 Å². The smallest absolute Gasteiger partial charge is 0.186 e. The molecule has 0 radical (unpaired) electrons. The van der Waals surface area contributed by atoms with Crippen LogP contribution in [0.5, 0.6) is 0 Å². The molecule has 0 aliphatic rings. The molecule has 1 aromatic rings. The second-order valence-corrected chi connectivity index (χ2v) is 3.62. The fraction of sp³-hybridized carbons (Fsp3) is 0.714. The van der Waals surface area contributed by atoms with Gasteiger partial charge in [-0.15, -0.1) is 0 Å². The SMILES string of the molecule is Cc1nc(SCCCN)n(C)n1. The van der Waals surface area contributed by atoms with Crippen LogP contribution in [0.15, 0.2) is 5.16 Å². The molecule has 1 aromatic heterocycles. The highest BCUT2D eigenvalue weighted by Gasteiger charge is 2.02. The molecule has 0 bridgehead atoms. The molecule has 4 nitrogen and oxygen atoms in total. The highest BCUT2D eigenvalue weighted by Crippen LogP contribution is 2.14. The minimum absolute atomic E-state index is 0.740. The maximum Gasteiger partial charge on any atom is 0.186 e. The van der Waals surface area contributed by atoms with Crippen LogP contribution in [-0.2, 0) is 7.05 Å². The zero-order valence-corrected chi connectivity index (χ0v) is 8.27. The first-order chi connectivity index (χ1) is 5.74. The van der Waals surface area contributed by atoms with E-state index in [-0.39, 0.29) is 0 Å². The molecular weight excluding hydrogens is 172 g/mol. The summed E-state index contributed by atoms with van der Waals surface area (Å²) in [7, 11) is 1.91. The fourth-order valence-corrected chi connectivity index (χ4v) is 1.78. The lowest BCUT2D eigenvalue weighted by molar-refractivity contribution is 0.681.